The lowest BCUT2D eigenvalue weighted by atomic mass is 9.60. The van der Waals surface area contributed by atoms with Gasteiger partial charge < -0.3 is 9.84 Å². The maximum atomic E-state index is 14.0. The van der Waals surface area contributed by atoms with Crippen LogP contribution in [0.15, 0.2) is 48.7 Å². The maximum absolute atomic E-state index is 14.0. The van der Waals surface area contributed by atoms with E-state index in [9.17, 15) is 14.3 Å². The van der Waals surface area contributed by atoms with Crippen LogP contribution in [0.2, 0.25) is 0 Å². The van der Waals surface area contributed by atoms with Gasteiger partial charge in [0.15, 0.2) is 5.60 Å². The Bertz CT molecular complexity index is 941. The number of aromatic nitrogens is 1. The number of hydrogen-bond donors (Lipinski definition) is 1. The van der Waals surface area contributed by atoms with Gasteiger partial charge in [-0.15, -0.1) is 0 Å². The first-order chi connectivity index (χ1) is 13.8. The van der Waals surface area contributed by atoms with Crippen molar-refractivity contribution in [1.29, 1.82) is 0 Å². The van der Waals surface area contributed by atoms with Gasteiger partial charge in [0.25, 0.3) is 0 Å². The third kappa shape index (κ3) is 3.38. The molecule has 4 nitrogen and oxygen atoms in total. The quantitative estimate of drug-likeness (QED) is 0.778. The summed E-state index contributed by atoms with van der Waals surface area (Å²) < 4.78 is 19.4. The first-order valence-electron chi connectivity index (χ1n) is 10.1. The van der Waals surface area contributed by atoms with E-state index >= 15 is 0 Å². The SMILES string of the molecule is C[C@H]1C[C@@]2(O)C(=O)O[C@H](C)[C@H]2C(/C=C/c2ccc(-c3ccccc3F)cn2)[C@@H]1C. The van der Waals surface area contributed by atoms with Gasteiger partial charge >= 0.3 is 5.97 Å². The monoisotopic (exact) mass is 395 g/mol. The van der Waals surface area contributed by atoms with Crippen LogP contribution in [0.1, 0.15) is 32.9 Å². The fraction of sp³-hybridized carbons (Fsp3) is 0.417. The maximum Gasteiger partial charge on any atom is 0.338 e. The van der Waals surface area contributed by atoms with Crippen LogP contribution in [0, 0.1) is 29.5 Å². The first kappa shape index (κ1) is 19.8. The van der Waals surface area contributed by atoms with Crippen LogP contribution in [0.25, 0.3) is 17.2 Å². The number of rotatable bonds is 3. The molecule has 2 aromatic rings. The van der Waals surface area contributed by atoms with Crippen molar-refractivity contribution in [2.75, 3.05) is 0 Å². The number of benzene rings is 1. The zero-order chi connectivity index (χ0) is 20.8. The number of ether oxygens (including phenoxy) is 1. The summed E-state index contributed by atoms with van der Waals surface area (Å²) in [5.41, 5.74) is 0.572. The van der Waals surface area contributed by atoms with Crippen molar-refractivity contribution < 1.29 is 19.0 Å². The van der Waals surface area contributed by atoms with Crippen molar-refractivity contribution >= 4 is 12.0 Å². The van der Waals surface area contributed by atoms with E-state index in [1.54, 1.807) is 24.4 Å². The molecule has 6 atom stereocenters. The number of fused-ring (bicyclic) bond motifs is 1. The topological polar surface area (TPSA) is 59.4 Å². The normalized spacial score (nSPS) is 34.2. The van der Waals surface area contributed by atoms with Gasteiger partial charge in [-0.05, 0) is 49.3 Å². The lowest BCUT2D eigenvalue weighted by Crippen LogP contribution is -2.52. The Hall–Kier alpha value is -2.53. The van der Waals surface area contributed by atoms with E-state index in [-0.39, 0.29) is 29.7 Å². The van der Waals surface area contributed by atoms with Crippen LogP contribution >= 0.6 is 0 Å². The standard InChI is InChI=1S/C24H26FNO3/c1-14-12-24(28)22(16(3)29-23(24)27)19(15(14)2)11-10-18-9-8-17(13-26-18)20-6-4-5-7-21(20)25/h4-11,13-16,19,22,28H,12H2,1-3H3/b11-10+/t14-,15+,16+,19?,22-,24-/m0/s1. The minimum Gasteiger partial charge on any atom is -0.460 e. The fourth-order valence-corrected chi connectivity index (χ4v) is 4.97. The third-order valence-electron chi connectivity index (χ3n) is 6.72. The van der Waals surface area contributed by atoms with Gasteiger partial charge in [0.2, 0.25) is 0 Å². The molecule has 1 aromatic heterocycles. The van der Waals surface area contributed by atoms with Gasteiger partial charge in [0, 0.05) is 23.2 Å². The molecule has 1 aliphatic carbocycles. The second-order valence-electron chi connectivity index (χ2n) is 8.49. The number of nitrogens with zero attached hydrogens (tertiary/aromatic N) is 1. The van der Waals surface area contributed by atoms with Gasteiger partial charge in [-0.1, -0.05) is 44.2 Å². The van der Waals surface area contributed by atoms with Crippen LogP contribution < -0.4 is 0 Å². The molecule has 1 aromatic carbocycles. The van der Waals surface area contributed by atoms with Crippen LogP contribution in [0.3, 0.4) is 0 Å². The molecular formula is C24H26FNO3. The predicted octanol–water partition coefficient (Wildman–Crippen LogP) is 4.49. The number of allylic oxidation sites excluding steroid dienone is 1. The van der Waals surface area contributed by atoms with Crippen molar-refractivity contribution in [2.24, 2.45) is 23.7 Å². The van der Waals surface area contributed by atoms with E-state index < -0.39 is 11.6 Å². The minimum absolute atomic E-state index is 0.00163. The number of hydrogen-bond acceptors (Lipinski definition) is 4. The molecule has 0 bridgehead atoms. The van der Waals surface area contributed by atoms with Crippen LogP contribution in [-0.4, -0.2) is 27.8 Å². The zero-order valence-corrected chi connectivity index (χ0v) is 16.9. The van der Waals surface area contributed by atoms with E-state index in [1.165, 1.54) is 6.07 Å². The molecule has 29 heavy (non-hydrogen) atoms. The molecule has 1 saturated heterocycles. The lowest BCUT2D eigenvalue weighted by molar-refractivity contribution is -0.160. The molecule has 2 aliphatic rings. The van der Waals surface area contributed by atoms with Gasteiger partial charge in [-0.25, -0.2) is 9.18 Å². The summed E-state index contributed by atoms with van der Waals surface area (Å²) >= 11 is 0. The highest BCUT2D eigenvalue weighted by Gasteiger charge is 2.61. The molecule has 1 N–H and O–H groups in total. The summed E-state index contributed by atoms with van der Waals surface area (Å²) in [4.78, 5) is 16.7. The molecular weight excluding hydrogens is 369 g/mol. The highest BCUT2D eigenvalue weighted by molar-refractivity contribution is 5.82. The number of esters is 1. The third-order valence-corrected chi connectivity index (χ3v) is 6.72. The molecule has 0 amide bonds. The second-order valence-corrected chi connectivity index (χ2v) is 8.49. The van der Waals surface area contributed by atoms with Gasteiger partial charge in [-0.3, -0.25) is 4.98 Å². The smallest absolute Gasteiger partial charge is 0.338 e. The largest absolute Gasteiger partial charge is 0.460 e. The van der Waals surface area contributed by atoms with Gasteiger partial charge in [0.05, 0.1) is 5.69 Å². The van der Waals surface area contributed by atoms with Crippen LogP contribution in [0.4, 0.5) is 4.39 Å². The van der Waals surface area contributed by atoms with Crippen molar-refractivity contribution in [3.05, 3.63) is 60.2 Å². The van der Waals surface area contributed by atoms with E-state index in [2.05, 4.69) is 18.8 Å². The van der Waals surface area contributed by atoms with Gasteiger partial charge in [0.1, 0.15) is 11.9 Å². The molecule has 0 radical (unpaired) electrons. The predicted molar refractivity (Wildman–Crippen MR) is 109 cm³/mol. The summed E-state index contributed by atoms with van der Waals surface area (Å²) in [7, 11) is 0. The van der Waals surface area contributed by atoms with Crippen LogP contribution in [-0.2, 0) is 9.53 Å². The minimum atomic E-state index is -1.41. The number of aliphatic hydroxyl groups is 1. The summed E-state index contributed by atoms with van der Waals surface area (Å²) in [6, 6.07) is 10.3. The van der Waals surface area contributed by atoms with E-state index in [4.69, 9.17) is 4.74 Å². The van der Waals surface area contributed by atoms with Gasteiger partial charge in [-0.2, -0.15) is 0 Å². The Morgan fingerprint density at radius 3 is 2.66 bits per heavy atom. The van der Waals surface area contributed by atoms with E-state index in [0.717, 1.165) is 11.3 Å². The fourth-order valence-electron chi connectivity index (χ4n) is 4.97. The Morgan fingerprint density at radius 1 is 1.21 bits per heavy atom. The summed E-state index contributed by atoms with van der Waals surface area (Å²) in [5, 5.41) is 11.0. The zero-order valence-electron chi connectivity index (χ0n) is 16.9. The summed E-state index contributed by atoms with van der Waals surface area (Å²) in [6.07, 6.45) is 5.72. The molecule has 2 heterocycles. The highest BCUT2D eigenvalue weighted by atomic mass is 19.1. The Labute approximate surface area is 170 Å². The first-order valence-corrected chi connectivity index (χ1v) is 10.1. The molecule has 1 aliphatic heterocycles. The number of cyclic esters (lactones) is 1. The van der Waals surface area contributed by atoms with Crippen molar-refractivity contribution in [1.82, 2.24) is 4.98 Å². The molecule has 4 rings (SSSR count). The molecule has 2 fully saturated rings. The van der Waals surface area contributed by atoms with Crippen molar-refractivity contribution in [3.63, 3.8) is 0 Å². The van der Waals surface area contributed by atoms with Crippen molar-refractivity contribution in [3.8, 4) is 11.1 Å². The highest BCUT2D eigenvalue weighted by Crippen LogP contribution is 2.51. The number of carbonyl (C=O) groups is 1. The van der Waals surface area contributed by atoms with E-state index in [0.29, 0.717) is 17.9 Å². The molecule has 1 unspecified atom stereocenters. The molecule has 152 valence electrons. The molecule has 0 spiro atoms. The average molecular weight is 395 g/mol. The molecule has 5 heteroatoms. The van der Waals surface area contributed by atoms with Crippen molar-refractivity contribution in [2.45, 2.75) is 38.9 Å². The van der Waals surface area contributed by atoms with E-state index in [1.807, 2.05) is 31.2 Å². The summed E-state index contributed by atoms with van der Waals surface area (Å²) in [6.45, 7) is 6.08. The Kier molecular flexibility index (Phi) is 5.03. The number of pyridine rings is 1. The summed E-state index contributed by atoms with van der Waals surface area (Å²) in [5.74, 6) is -0.555. The Balaban J connectivity index is 1.59. The Morgan fingerprint density at radius 2 is 1.97 bits per heavy atom. The van der Waals surface area contributed by atoms with Crippen LogP contribution in [0.5, 0.6) is 0 Å². The number of carbonyl (C=O) groups excluding carboxylic acids is 1. The lowest BCUT2D eigenvalue weighted by Gasteiger charge is -2.44. The average Bonchev–Trinajstić information content (AvgIpc) is 2.92. The second kappa shape index (κ2) is 7.38. The molecule has 1 saturated carbocycles. The number of halogens is 1.